The van der Waals surface area contributed by atoms with E-state index in [9.17, 15) is 29.1 Å². The largest absolute Gasteiger partial charge is 0.463 e. The van der Waals surface area contributed by atoms with E-state index in [1.54, 1.807) is 18.2 Å². The molecule has 0 bridgehead atoms. The van der Waals surface area contributed by atoms with Gasteiger partial charge in [-0.05, 0) is 29.6 Å². The molecule has 20 heteroatoms. The maximum Gasteiger partial charge on any atom is 0.303 e. The predicted molar refractivity (Wildman–Crippen MR) is 188 cm³/mol. The van der Waals surface area contributed by atoms with Crippen LogP contribution in [0.25, 0.3) is 20.5 Å². The van der Waals surface area contributed by atoms with Gasteiger partial charge in [0.2, 0.25) is 18.3 Å². The van der Waals surface area contributed by atoms with Crippen molar-refractivity contribution in [3.05, 3.63) is 39.1 Å². The highest BCUT2D eigenvalue weighted by molar-refractivity contribution is 7.19. The van der Waals surface area contributed by atoms with Crippen LogP contribution in [0.15, 0.2) is 23.3 Å². The molecule has 1 fully saturated rings. The summed E-state index contributed by atoms with van der Waals surface area (Å²) in [6.07, 6.45) is -6.30. The first-order valence-corrected chi connectivity index (χ1v) is 17.9. The van der Waals surface area contributed by atoms with E-state index in [1.165, 1.54) is 18.3 Å². The summed E-state index contributed by atoms with van der Waals surface area (Å²) in [7, 11) is 0. The molecule has 1 aromatic carbocycles. The predicted octanol–water partition coefficient (Wildman–Crippen LogP) is 2.26. The minimum atomic E-state index is -1.45. The lowest BCUT2D eigenvalue weighted by Crippen LogP contribution is -2.63. The van der Waals surface area contributed by atoms with Gasteiger partial charge in [0.15, 0.2) is 12.2 Å². The number of carbonyl (C=O) groups is 5. The molecule has 19 nitrogen and oxygen atoms in total. The van der Waals surface area contributed by atoms with Gasteiger partial charge in [-0.1, -0.05) is 11.2 Å². The van der Waals surface area contributed by atoms with Gasteiger partial charge in [-0.25, -0.2) is 0 Å². The van der Waals surface area contributed by atoms with E-state index in [2.05, 4.69) is 15.3 Å². The molecule has 54 heavy (non-hydrogen) atoms. The third-order valence-corrected chi connectivity index (χ3v) is 8.72. The number of carbonyl (C=O) groups excluding carboxylic acids is 5. The lowest BCUT2D eigenvalue weighted by molar-refractivity contribution is -0.288. The van der Waals surface area contributed by atoms with E-state index < -0.39 is 61.2 Å². The van der Waals surface area contributed by atoms with Crippen LogP contribution in [0.4, 0.5) is 0 Å². The monoisotopic (exact) mass is 782 g/mol. The summed E-state index contributed by atoms with van der Waals surface area (Å²) in [6.45, 7) is 6.47. The molecule has 1 aliphatic heterocycles. The molecule has 0 aliphatic carbocycles. The number of hydrogen-bond donors (Lipinski definition) is 2. The van der Waals surface area contributed by atoms with Crippen LogP contribution < -0.4 is 10.1 Å². The average Bonchev–Trinajstić information content (AvgIpc) is 3.55. The molecule has 3 rings (SSSR count). The maximum absolute atomic E-state index is 12.6. The first-order valence-electron chi connectivity index (χ1n) is 17.1. The number of azide groups is 1. The summed E-state index contributed by atoms with van der Waals surface area (Å²) in [5.74, 6) is -2.91. The molecule has 0 spiro atoms. The Kier molecular flexibility index (Phi) is 18.9. The van der Waals surface area contributed by atoms with Gasteiger partial charge in [0.05, 0.1) is 46.2 Å². The van der Waals surface area contributed by atoms with Crippen LogP contribution in [-0.2, 0) is 74.9 Å². The van der Waals surface area contributed by atoms with Crippen molar-refractivity contribution >= 4 is 51.2 Å². The van der Waals surface area contributed by atoms with Gasteiger partial charge >= 0.3 is 23.9 Å². The molecular weight excluding hydrogens is 736 g/mol. The Morgan fingerprint density at radius 2 is 1.50 bits per heavy atom. The lowest BCUT2D eigenvalue weighted by atomic mass is 9.98. The van der Waals surface area contributed by atoms with Gasteiger partial charge in [0, 0.05) is 67.1 Å². The normalized spacial score (nSPS) is 19.3. The molecular formula is C34H46N4O15S. The summed E-state index contributed by atoms with van der Waals surface area (Å²) < 4.78 is 50.7. The van der Waals surface area contributed by atoms with Crippen LogP contribution in [-0.4, -0.2) is 125 Å². The summed E-state index contributed by atoms with van der Waals surface area (Å²) in [6, 6.07) is 5.03. The van der Waals surface area contributed by atoms with Gasteiger partial charge in [-0.3, -0.25) is 24.0 Å². The number of ether oxygens (including phenoxy) is 9. The average molecular weight is 783 g/mol. The highest BCUT2D eigenvalue weighted by Gasteiger charge is 2.53. The Morgan fingerprint density at radius 1 is 0.870 bits per heavy atom. The summed E-state index contributed by atoms with van der Waals surface area (Å²) >= 11 is 1.36. The number of amides is 1. The summed E-state index contributed by atoms with van der Waals surface area (Å²) in [4.78, 5) is 64.2. The third-order valence-electron chi connectivity index (χ3n) is 7.45. The fourth-order valence-corrected chi connectivity index (χ4v) is 6.42. The van der Waals surface area contributed by atoms with Crippen LogP contribution in [0, 0.1) is 0 Å². The van der Waals surface area contributed by atoms with Crippen molar-refractivity contribution in [1.29, 1.82) is 0 Å². The van der Waals surface area contributed by atoms with E-state index in [0.717, 1.165) is 25.6 Å². The SMILES string of the molecule is CC(=O)OC[C@H]1O[C@@H](Oc2ccc(CO)c3sc(CCC(=O)NCCOCCOCCOCCN=[N+]=[N-])cc23)[C@H](OC(C)=O)[C@@H](OC(C)=O)[C@H]1OC(C)=O. The lowest BCUT2D eigenvalue weighted by Gasteiger charge is -2.44. The number of benzene rings is 1. The number of esters is 4. The first-order chi connectivity index (χ1) is 25.9. The van der Waals surface area contributed by atoms with E-state index in [1.807, 2.05) is 0 Å². The molecule has 1 aromatic heterocycles. The second kappa shape index (κ2) is 23.3. The molecule has 2 heterocycles. The zero-order valence-corrected chi connectivity index (χ0v) is 31.3. The van der Waals surface area contributed by atoms with Crippen molar-refractivity contribution in [3.8, 4) is 5.75 Å². The molecule has 0 unspecified atom stereocenters. The van der Waals surface area contributed by atoms with Crippen molar-refractivity contribution in [1.82, 2.24) is 5.32 Å². The van der Waals surface area contributed by atoms with Gasteiger partial charge in [-0.2, -0.15) is 0 Å². The Hall–Kier alpha value is -4.56. The fraction of sp³-hybridized carbons (Fsp3) is 0.618. The number of rotatable bonds is 23. The number of thiophene rings is 1. The fourth-order valence-electron chi connectivity index (χ4n) is 5.24. The van der Waals surface area contributed by atoms with Crippen molar-refractivity contribution in [2.45, 2.75) is 77.8 Å². The summed E-state index contributed by atoms with van der Waals surface area (Å²) in [5.41, 5.74) is 8.80. The second-order valence-corrected chi connectivity index (χ2v) is 12.8. The van der Waals surface area contributed by atoms with E-state index in [4.69, 9.17) is 48.2 Å². The van der Waals surface area contributed by atoms with E-state index >= 15 is 0 Å². The number of aryl methyl sites for hydroxylation is 1. The molecule has 2 N–H and O–H groups in total. The van der Waals surface area contributed by atoms with E-state index in [-0.39, 0.29) is 31.2 Å². The number of aliphatic hydroxyl groups is 1. The number of fused-ring (bicyclic) bond motifs is 1. The number of aliphatic hydroxyl groups excluding tert-OH is 1. The minimum absolute atomic E-state index is 0.167. The van der Waals surface area contributed by atoms with E-state index in [0.29, 0.717) is 68.3 Å². The van der Waals surface area contributed by atoms with Crippen molar-refractivity contribution in [3.63, 3.8) is 0 Å². The van der Waals surface area contributed by atoms with Gasteiger partial charge in [0.25, 0.3) is 0 Å². The Morgan fingerprint density at radius 3 is 2.13 bits per heavy atom. The topological polar surface area (TPSA) is 249 Å². The molecule has 298 valence electrons. The van der Waals surface area contributed by atoms with Crippen molar-refractivity contribution in [2.75, 3.05) is 59.3 Å². The Labute approximate surface area is 315 Å². The Balaban J connectivity index is 1.66. The standard InChI is InChI=1S/C34H46N4O15S/c1-20(40)48-19-28-30(49-21(2)41)31(50-22(3)42)32(51-23(4)43)34(53-28)52-27-7-5-24(18-39)33-26(27)17-25(54-33)6-8-29(44)36-9-11-45-13-15-47-16-14-46-12-10-37-38-35/h5,7,17,28,30-32,34,39H,6,8-16,18-19H2,1-4H3,(H,36,44)/t28-,30+,31+,32-,34-/m1/s1. The Bertz CT molecular complexity index is 1610. The van der Waals surface area contributed by atoms with Crippen LogP contribution in [0.3, 0.4) is 0 Å². The third kappa shape index (κ3) is 14.7. The van der Waals surface area contributed by atoms with Crippen molar-refractivity contribution in [2.24, 2.45) is 5.11 Å². The molecule has 0 saturated carbocycles. The molecule has 0 radical (unpaired) electrons. The number of nitrogens with zero attached hydrogens (tertiary/aromatic N) is 3. The summed E-state index contributed by atoms with van der Waals surface area (Å²) in [5, 5.41) is 16.8. The van der Waals surface area contributed by atoms with Gasteiger partial charge in [0.1, 0.15) is 18.5 Å². The van der Waals surface area contributed by atoms with Crippen LogP contribution >= 0.6 is 11.3 Å². The van der Waals surface area contributed by atoms with Crippen LogP contribution in [0.5, 0.6) is 5.75 Å². The molecule has 2 aromatic rings. The molecule has 1 amide bonds. The first kappa shape index (κ1) is 43.8. The zero-order chi connectivity index (χ0) is 39.5. The van der Waals surface area contributed by atoms with Crippen LogP contribution in [0.2, 0.25) is 0 Å². The molecule has 5 atom stereocenters. The molecule has 1 aliphatic rings. The zero-order valence-electron chi connectivity index (χ0n) is 30.5. The van der Waals surface area contributed by atoms with Crippen LogP contribution in [0.1, 0.15) is 44.6 Å². The second-order valence-electron chi connectivity index (χ2n) is 11.7. The minimum Gasteiger partial charge on any atom is -0.463 e. The van der Waals surface area contributed by atoms with Gasteiger partial charge < -0.3 is 53.1 Å². The number of nitrogens with one attached hydrogen (secondary N) is 1. The van der Waals surface area contributed by atoms with Crippen molar-refractivity contribution < 1.29 is 71.7 Å². The number of hydrogen-bond acceptors (Lipinski definition) is 17. The quantitative estimate of drug-likeness (QED) is 0.0410. The van der Waals surface area contributed by atoms with Gasteiger partial charge in [-0.15, -0.1) is 11.3 Å². The highest BCUT2D eigenvalue weighted by atomic mass is 32.1. The highest BCUT2D eigenvalue weighted by Crippen LogP contribution is 2.39. The smallest absolute Gasteiger partial charge is 0.303 e. The molecule has 1 saturated heterocycles. The maximum atomic E-state index is 12.6.